The molecule has 0 unspecified atom stereocenters. The van der Waals surface area contributed by atoms with Crippen LogP contribution in [0.25, 0.3) is 32.2 Å². The first-order valence-corrected chi connectivity index (χ1v) is 9.86. The predicted molar refractivity (Wildman–Crippen MR) is 114 cm³/mol. The SMILES string of the molecule is O=C(c1ccc(Cl)cc1)n1c2ccccc2c2c(-c3ccccc3)scc21. The normalized spacial score (nSPS) is 11.3. The lowest BCUT2D eigenvalue weighted by Gasteiger charge is -2.05. The molecule has 2 nitrogen and oxygen atoms in total. The Labute approximate surface area is 165 Å². The van der Waals surface area contributed by atoms with Crippen molar-refractivity contribution in [2.24, 2.45) is 0 Å². The summed E-state index contributed by atoms with van der Waals surface area (Å²) >= 11 is 7.66. The van der Waals surface area contributed by atoms with Gasteiger partial charge in [-0.1, -0.05) is 60.1 Å². The lowest BCUT2D eigenvalue weighted by atomic mass is 10.1. The Morgan fingerprint density at radius 1 is 0.815 bits per heavy atom. The highest BCUT2D eigenvalue weighted by Gasteiger charge is 2.21. The molecule has 0 amide bonds. The quantitative estimate of drug-likeness (QED) is 0.324. The Kier molecular flexibility index (Phi) is 3.85. The van der Waals surface area contributed by atoms with E-state index in [2.05, 4.69) is 23.6 Å². The Bertz CT molecular complexity index is 1280. The molecule has 0 aliphatic heterocycles. The van der Waals surface area contributed by atoms with E-state index in [0.29, 0.717) is 10.6 Å². The molecule has 0 aliphatic rings. The number of fused-ring (bicyclic) bond motifs is 3. The fourth-order valence-corrected chi connectivity index (χ4v) is 4.71. The zero-order valence-corrected chi connectivity index (χ0v) is 15.8. The number of carbonyl (C=O) groups excluding carboxylic acids is 1. The van der Waals surface area contributed by atoms with Gasteiger partial charge in [0.05, 0.1) is 11.0 Å². The van der Waals surface area contributed by atoms with Gasteiger partial charge in [0.1, 0.15) is 0 Å². The van der Waals surface area contributed by atoms with Crippen molar-refractivity contribution in [1.29, 1.82) is 0 Å². The van der Waals surface area contributed by atoms with Crippen molar-refractivity contribution in [3.05, 3.63) is 94.8 Å². The maximum Gasteiger partial charge on any atom is 0.262 e. The van der Waals surface area contributed by atoms with Gasteiger partial charge >= 0.3 is 0 Å². The average Bonchev–Trinajstić information content (AvgIpc) is 3.27. The van der Waals surface area contributed by atoms with Crippen LogP contribution in [-0.2, 0) is 0 Å². The molecular formula is C23H14ClNOS. The monoisotopic (exact) mass is 387 g/mol. The molecule has 0 aliphatic carbocycles. The number of benzene rings is 3. The molecule has 3 aromatic carbocycles. The number of halogens is 1. The smallest absolute Gasteiger partial charge is 0.262 e. The fraction of sp³-hybridized carbons (Fsp3) is 0. The van der Waals surface area contributed by atoms with Gasteiger partial charge in [-0.3, -0.25) is 9.36 Å². The van der Waals surface area contributed by atoms with Crippen LogP contribution in [0, 0.1) is 0 Å². The van der Waals surface area contributed by atoms with E-state index in [0.717, 1.165) is 21.8 Å². The predicted octanol–water partition coefficient (Wildman–Crippen LogP) is 6.86. The van der Waals surface area contributed by atoms with Gasteiger partial charge in [-0.2, -0.15) is 0 Å². The largest absolute Gasteiger partial charge is 0.275 e. The molecule has 130 valence electrons. The van der Waals surface area contributed by atoms with Gasteiger partial charge in [0.25, 0.3) is 5.91 Å². The third kappa shape index (κ3) is 2.59. The van der Waals surface area contributed by atoms with E-state index < -0.39 is 0 Å². The van der Waals surface area contributed by atoms with Gasteiger partial charge in [-0.05, 0) is 35.9 Å². The second kappa shape index (κ2) is 6.38. The first kappa shape index (κ1) is 16.3. The van der Waals surface area contributed by atoms with Gasteiger partial charge < -0.3 is 0 Å². The highest BCUT2D eigenvalue weighted by molar-refractivity contribution is 7.15. The van der Waals surface area contributed by atoms with Crippen LogP contribution in [0.5, 0.6) is 0 Å². The van der Waals surface area contributed by atoms with Crippen molar-refractivity contribution in [3.63, 3.8) is 0 Å². The number of aromatic nitrogens is 1. The molecule has 0 atom stereocenters. The first-order chi connectivity index (χ1) is 13.2. The summed E-state index contributed by atoms with van der Waals surface area (Å²) in [5.74, 6) is -0.0460. The van der Waals surface area contributed by atoms with Crippen LogP contribution in [0.3, 0.4) is 0 Å². The highest BCUT2D eigenvalue weighted by Crippen LogP contribution is 2.41. The van der Waals surface area contributed by atoms with E-state index in [9.17, 15) is 4.79 Å². The highest BCUT2D eigenvalue weighted by atomic mass is 35.5. The zero-order valence-electron chi connectivity index (χ0n) is 14.2. The van der Waals surface area contributed by atoms with Gasteiger partial charge in [-0.15, -0.1) is 11.3 Å². The minimum atomic E-state index is -0.0460. The summed E-state index contributed by atoms with van der Waals surface area (Å²) < 4.78 is 1.82. The van der Waals surface area contributed by atoms with E-state index in [-0.39, 0.29) is 5.91 Å². The third-order valence-electron chi connectivity index (χ3n) is 4.76. The van der Waals surface area contributed by atoms with Crippen LogP contribution in [0.4, 0.5) is 0 Å². The molecule has 0 radical (unpaired) electrons. The molecule has 4 heteroatoms. The number of para-hydroxylation sites is 1. The van der Waals surface area contributed by atoms with Crippen LogP contribution in [0.2, 0.25) is 5.02 Å². The lowest BCUT2D eigenvalue weighted by molar-refractivity contribution is 0.0969. The van der Waals surface area contributed by atoms with Gasteiger partial charge in [0.2, 0.25) is 0 Å². The van der Waals surface area contributed by atoms with Crippen LogP contribution < -0.4 is 0 Å². The lowest BCUT2D eigenvalue weighted by Crippen LogP contribution is -2.11. The van der Waals surface area contributed by atoms with E-state index >= 15 is 0 Å². The summed E-state index contributed by atoms with van der Waals surface area (Å²) in [6, 6.07) is 25.4. The van der Waals surface area contributed by atoms with Crippen LogP contribution in [0.15, 0.2) is 84.2 Å². The van der Waals surface area contributed by atoms with Crippen molar-refractivity contribution in [3.8, 4) is 10.4 Å². The zero-order chi connectivity index (χ0) is 18.4. The van der Waals surface area contributed by atoms with Crippen molar-refractivity contribution in [1.82, 2.24) is 4.57 Å². The van der Waals surface area contributed by atoms with Gasteiger partial charge in [0.15, 0.2) is 0 Å². The number of hydrogen-bond acceptors (Lipinski definition) is 2. The van der Waals surface area contributed by atoms with Gasteiger partial charge in [-0.25, -0.2) is 0 Å². The standard InChI is InChI=1S/C23H14ClNOS/c24-17-12-10-16(11-13-17)23(26)25-19-9-5-4-8-18(19)21-20(25)14-27-22(21)15-6-2-1-3-7-15/h1-14H. The molecule has 0 saturated heterocycles. The van der Waals surface area contributed by atoms with E-state index in [1.54, 1.807) is 35.6 Å². The fourth-order valence-electron chi connectivity index (χ4n) is 3.53. The number of rotatable bonds is 2. The maximum absolute atomic E-state index is 13.3. The third-order valence-corrected chi connectivity index (χ3v) is 6.03. The summed E-state index contributed by atoms with van der Waals surface area (Å²) in [6.45, 7) is 0. The topological polar surface area (TPSA) is 22.0 Å². The Hall–Kier alpha value is -2.88. The minimum Gasteiger partial charge on any atom is -0.275 e. The van der Waals surface area contributed by atoms with E-state index in [4.69, 9.17) is 11.6 Å². The second-order valence-electron chi connectivity index (χ2n) is 6.36. The van der Waals surface area contributed by atoms with Crippen molar-refractivity contribution < 1.29 is 4.79 Å². The van der Waals surface area contributed by atoms with Crippen LogP contribution in [-0.4, -0.2) is 10.5 Å². The summed E-state index contributed by atoms with van der Waals surface area (Å²) in [5.41, 5.74) is 3.65. The number of carbonyl (C=O) groups is 1. The van der Waals surface area contributed by atoms with Crippen LogP contribution in [0.1, 0.15) is 10.4 Å². The molecule has 0 N–H and O–H groups in total. The molecule has 2 heterocycles. The molecule has 5 aromatic rings. The summed E-state index contributed by atoms with van der Waals surface area (Å²) in [7, 11) is 0. The number of nitrogens with zero attached hydrogens (tertiary/aromatic N) is 1. The molecular weight excluding hydrogens is 374 g/mol. The molecule has 5 rings (SSSR count). The molecule has 0 spiro atoms. The van der Waals surface area contributed by atoms with Crippen molar-refractivity contribution >= 4 is 50.7 Å². The van der Waals surface area contributed by atoms with Crippen molar-refractivity contribution in [2.45, 2.75) is 0 Å². The molecule has 27 heavy (non-hydrogen) atoms. The average molecular weight is 388 g/mol. The van der Waals surface area contributed by atoms with Crippen LogP contribution >= 0.6 is 22.9 Å². The van der Waals surface area contributed by atoms with Gasteiger partial charge in [0, 0.05) is 31.6 Å². The molecule has 0 saturated carbocycles. The minimum absolute atomic E-state index is 0.0460. The first-order valence-electron chi connectivity index (χ1n) is 8.60. The molecule has 0 fully saturated rings. The maximum atomic E-state index is 13.3. The second-order valence-corrected chi connectivity index (χ2v) is 7.67. The Balaban J connectivity index is 1.81. The molecule has 2 aromatic heterocycles. The number of thiophene rings is 1. The molecule has 0 bridgehead atoms. The summed E-state index contributed by atoms with van der Waals surface area (Å²) in [4.78, 5) is 14.5. The summed E-state index contributed by atoms with van der Waals surface area (Å²) in [6.07, 6.45) is 0. The van der Waals surface area contributed by atoms with Crippen molar-refractivity contribution in [2.75, 3.05) is 0 Å². The van der Waals surface area contributed by atoms with E-state index in [1.165, 1.54) is 10.4 Å². The Morgan fingerprint density at radius 3 is 2.30 bits per heavy atom. The number of hydrogen-bond donors (Lipinski definition) is 0. The Morgan fingerprint density at radius 2 is 1.52 bits per heavy atom. The van der Waals surface area contributed by atoms with E-state index in [1.807, 2.05) is 41.0 Å². The summed E-state index contributed by atoms with van der Waals surface area (Å²) in [5, 5.41) is 4.92.